The van der Waals surface area contributed by atoms with Gasteiger partial charge in [0.25, 0.3) is 5.91 Å². The van der Waals surface area contributed by atoms with Crippen LogP contribution in [-0.2, 0) is 4.79 Å². The van der Waals surface area contributed by atoms with Gasteiger partial charge in [-0.15, -0.1) is 0 Å². The minimum atomic E-state index is -0.586. The molecule has 0 aliphatic heterocycles. The topological polar surface area (TPSA) is 85.1 Å². The van der Waals surface area contributed by atoms with Crippen molar-refractivity contribution >= 4 is 23.6 Å². The summed E-state index contributed by atoms with van der Waals surface area (Å²) in [5, 5.41) is 2.62. The van der Waals surface area contributed by atoms with E-state index in [9.17, 15) is 9.59 Å². The molecule has 0 unspecified atom stereocenters. The van der Waals surface area contributed by atoms with E-state index in [-0.39, 0.29) is 11.5 Å². The number of hydrogen-bond donors (Lipinski definition) is 2. The Morgan fingerprint density at radius 3 is 2.65 bits per heavy atom. The number of nitrogens with zero attached hydrogens (tertiary/aromatic N) is 1. The number of rotatable bonds is 4. The van der Waals surface area contributed by atoms with Crippen LogP contribution in [-0.4, -0.2) is 16.8 Å². The second-order valence-electron chi connectivity index (χ2n) is 4.02. The van der Waals surface area contributed by atoms with E-state index < -0.39 is 5.91 Å². The molecule has 1 heterocycles. The molecule has 0 radical (unpaired) electrons. The molecule has 0 bridgehead atoms. The first-order valence-corrected chi connectivity index (χ1v) is 5.95. The zero-order valence-electron chi connectivity index (χ0n) is 10.6. The highest BCUT2D eigenvalue weighted by atomic mass is 16.2. The Morgan fingerprint density at radius 1 is 1.15 bits per heavy atom. The van der Waals surface area contributed by atoms with Gasteiger partial charge in [-0.3, -0.25) is 14.6 Å². The molecule has 100 valence electrons. The van der Waals surface area contributed by atoms with Crippen LogP contribution in [0.15, 0.2) is 54.9 Å². The smallest absolute Gasteiger partial charge is 0.250 e. The van der Waals surface area contributed by atoms with Gasteiger partial charge in [0.1, 0.15) is 0 Å². The van der Waals surface area contributed by atoms with Crippen molar-refractivity contribution in [3.63, 3.8) is 0 Å². The Bertz CT molecular complexity index is 651. The summed E-state index contributed by atoms with van der Waals surface area (Å²) in [7, 11) is 0. The van der Waals surface area contributed by atoms with E-state index in [1.807, 2.05) is 6.07 Å². The van der Waals surface area contributed by atoms with Crippen LogP contribution in [0.4, 0.5) is 5.69 Å². The first kappa shape index (κ1) is 13.5. The lowest BCUT2D eigenvalue weighted by atomic mass is 10.1. The van der Waals surface area contributed by atoms with Gasteiger partial charge in [0, 0.05) is 18.5 Å². The Kier molecular flexibility index (Phi) is 4.24. The summed E-state index contributed by atoms with van der Waals surface area (Å²) in [6.07, 6.45) is 6.30. The van der Waals surface area contributed by atoms with E-state index in [1.165, 1.54) is 6.08 Å². The zero-order chi connectivity index (χ0) is 14.4. The summed E-state index contributed by atoms with van der Waals surface area (Å²) in [5.41, 5.74) is 6.71. The molecule has 0 saturated heterocycles. The summed E-state index contributed by atoms with van der Waals surface area (Å²) < 4.78 is 0. The predicted octanol–water partition coefficient (Wildman–Crippen LogP) is 1.83. The number of amides is 2. The number of anilines is 1. The minimum absolute atomic E-state index is 0.274. The van der Waals surface area contributed by atoms with E-state index >= 15 is 0 Å². The summed E-state index contributed by atoms with van der Waals surface area (Å²) in [4.78, 5) is 27.0. The summed E-state index contributed by atoms with van der Waals surface area (Å²) >= 11 is 0. The predicted molar refractivity (Wildman–Crippen MR) is 76.9 cm³/mol. The molecule has 3 N–H and O–H groups in total. The fourth-order valence-corrected chi connectivity index (χ4v) is 1.63. The zero-order valence-corrected chi connectivity index (χ0v) is 10.6. The monoisotopic (exact) mass is 267 g/mol. The van der Waals surface area contributed by atoms with Crippen molar-refractivity contribution in [1.82, 2.24) is 4.98 Å². The first-order valence-electron chi connectivity index (χ1n) is 5.95. The summed E-state index contributed by atoms with van der Waals surface area (Å²) in [6.45, 7) is 0. The quantitative estimate of drug-likeness (QED) is 0.829. The molecule has 0 fully saturated rings. The average Bonchev–Trinajstić information content (AvgIpc) is 2.46. The van der Waals surface area contributed by atoms with Gasteiger partial charge in [0.2, 0.25) is 5.91 Å². The third-order valence-electron chi connectivity index (χ3n) is 2.56. The number of aromatic nitrogens is 1. The number of carbonyl (C=O) groups is 2. The number of carbonyl (C=O) groups excluding carboxylic acids is 2. The van der Waals surface area contributed by atoms with Crippen LogP contribution in [0.5, 0.6) is 0 Å². The number of hydrogen-bond acceptors (Lipinski definition) is 3. The standard InChI is InChI=1S/C15H13N3O2/c16-15(20)12-5-1-2-6-13(12)18-14(19)8-7-11-4-3-9-17-10-11/h1-10H,(H2,16,20)(H,18,19)/b8-7-. The molecule has 1 aromatic carbocycles. The lowest BCUT2D eigenvalue weighted by Crippen LogP contribution is -2.16. The van der Waals surface area contributed by atoms with Gasteiger partial charge in [-0.1, -0.05) is 18.2 Å². The molecule has 0 aliphatic rings. The highest BCUT2D eigenvalue weighted by Gasteiger charge is 2.08. The van der Waals surface area contributed by atoms with E-state index in [2.05, 4.69) is 10.3 Å². The molecule has 2 aromatic rings. The number of primary amides is 1. The number of nitrogens with two attached hydrogens (primary N) is 1. The van der Waals surface area contributed by atoms with Crippen LogP contribution in [0.25, 0.3) is 6.08 Å². The summed E-state index contributed by atoms with van der Waals surface area (Å²) in [6, 6.07) is 10.2. The van der Waals surface area contributed by atoms with Gasteiger partial charge in [-0.05, 0) is 29.8 Å². The highest BCUT2D eigenvalue weighted by Crippen LogP contribution is 2.14. The molecule has 0 saturated carbocycles. The van der Waals surface area contributed by atoms with Gasteiger partial charge in [0.15, 0.2) is 0 Å². The first-order chi connectivity index (χ1) is 9.66. The van der Waals surface area contributed by atoms with E-state index in [1.54, 1.807) is 48.8 Å². The lowest BCUT2D eigenvalue weighted by molar-refractivity contribution is -0.111. The van der Waals surface area contributed by atoms with Gasteiger partial charge >= 0.3 is 0 Å². The molecule has 0 atom stereocenters. The Morgan fingerprint density at radius 2 is 1.95 bits per heavy atom. The molecule has 2 amide bonds. The normalized spacial score (nSPS) is 10.4. The van der Waals surface area contributed by atoms with Crippen LogP contribution in [0, 0.1) is 0 Å². The molecule has 0 spiro atoms. The lowest BCUT2D eigenvalue weighted by Gasteiger charge is -2.06. The second kappa shape index (κ2) is 6.29. The number of pyridine rings is 1. The van der Waals surface area contributed by atoms with Crippen LogP contribution < -0.4 is 11.1 Å². The molecule has 0 aliphatic carbocycles. The Labute approximate surface area is 116 Å². The van der Waals surface area contributed by atoms with Crippen molar-refractivity contribution in [3.8, 4) is 0 Å². The maximum atomic E-state index is 11.8. The molecule has 5 heteroatoms. The van der Waals surface area contributed by atoms with Crippen LogP contribution in [0.2, 0.25) is 0 Å². The van der Waals surface area contributed by atoms with Crippen LogP contribution in [0.3, 0.4) is 0 Å². The van der Waals surface area contributed by atoms with Gasteiger partial charge < -0.3 is 11.1 Å². The molecular formula is C15H13N3O2. The molecule has 5 nitrogen and oxygen atoms in total. The molecule has 2 rings (SSSR count). The Hall–Kier alpha value is -2.95. The Balaban J connectivity index is 2.09. The van der Waals surface area contributed by atoms with E-state index in [4.69, 9.17) is 5.73 Å². The van der Waals surface area contributed by atoms with E-state index in [0.29, 0.717) is 5.69 Å². The highest BCUT2D eigenvalue weighted by molar-refractivity contribution is 6.07. The van der Waals surface area contributed by atoms with E-state index in [0.717, 1.165) is 5.56 Å². The average molecular weight is 267 g/mol. The SMILES string of the molecule is NC(=O)c1ccccc1NC(=O)/C=C\c1cccnc1. The van der Waals surface area contributed by atoms with Gasteiger partial charge in [-0.2, -0.15) is 0 Å². The third-order valence-corrected chi connectivity index (χ3v) is 2.56. The largest absolute Gasteiger partial charge is 0.366 e. The fraction of sp³-hybridized carbons (Fsp3) is 0. The van der Waals surface area contributed by atoms with Gasteiger partial charge in [-0.25, -0.2) is 0 Å². The van der Waals surface area contributed by atoms with Crippen molar-refractivity contribution in [2.75, 3.05) is 5.32 Å². The fourth-order valence-electron chi connectivity index (χ4n) is 1.63. The maximum absolute atomic E-state index is 11.8. The van der Waals surface area contributed by atoms with Crippen LogP contribution in [0.1, 0.15) is 15.9 Å². The van der Waals surface area contributed by atoms with Crippen molar-refractivity contribution < 1.29 is 9.59 Å². The second-order valence-corrected chi connectivity index (χ2v) is 4.02. The molecular weight excluding hydrogens is 254 g/mol. The minimum Gasteiger partial charge on any atom is -0.366 e. The number of nitrogens with one attached hydrogen (secondary N) is 1. The molecule has 1 aromatic heterocycles. The van der Waals surface area contributed by atoms with Crippen molar-refractivity contribution in [3.05, 3.63) is 66.0 Å². The van der Waals surface area contributed by atoms with Crippen LogP contribution >= 0.6 is 0 Å². The van der Waals surface area contributed by atoms with Gasteiger partial charge in [0.05, 0.1) is 11.3 Å². The third kappa shape index (κ3) is 3.52. The maximum Gasteiger partial charge on any atom is 0.250 e. The van der Waals surface area contributed by atoms with Crippen molar-refractivity contribution in [2.24, 2.45) is 5.73 Å². The van der Waals surface area contributed by atoms with Crippen molar-refractivity contribution in [2.45, 2.75) is 0 Å². The molecule has 20 heavy (non-hydrogen) atoms. The number of benzene rings is 1. The van der Waals surface area contributed by atoms with Crippen molar-refractivity contribution in [1.29, 1.82) is 0 Å². The number of para-hydroxylation sites is 1. The summed E-state index contributed by atoms with van der Waals surface area (Å²) in [5.74, 6) is -0.931.